The maximum atomic E-state index is 12.7. The van der Waals surface area contributed by atoms with E-state index in [0.717, 1.165) is 56.3 Å². The van der Waals surface area contributed by atoms with Crippen LogP contribution in [0.2, 0.25) is 0 Å². The molecule has 0 aliphatic carbocycles. The number of morpholine rings is 1. The molecular weight excluding hydrogens is 352 g/mol. The van der Waals surface area contributed by atoms with Gasteiger partial charge in [-0.1, -0.05) is 32.0 Å². The Balaban J connectivity index is 1.59. The molecule has 0 saturated carbocycles. The molecule has 0 aromatic heterocycles. The number of carbonyl (C=O) groups excluding carboxylic acids is 1. The molecule has 5 nitrogen and oxygen atoms in total. The standard InChI is InChI=1S/C23H30N2O3/c1-18(2)11-14-28-21-9-7-19(8-10-21)23(26)24-22-6-4-3-5-20(22)17-25-12-15-27-16-13-25/h3-10,18H,11-17H2,1-2H3,(H,24,26). The Morgan fingerprint density at radius 3 is 2.54 bits per heavy atom. The van der Waals surface area contributed by atoms with Gasteiger partial charge in [-0.25, -0.2) is 0 Å². The first-order valence-electron chi connectivity index (χ1n) is 10.0. The molecule has 0 unspecified atom stereocenters. The first kappa shape index (κ1) is 20.4. The summed E-state index contributed by atoms with van der Waals surface area (Å²) >= 11 is 0. The molecule has 28 heavy (non-hydrogen) atoms. The molecule has 3 rings (SSSR count). The van der Waals surface area contributed by atoms with Gasteiger partial charge in [0.05, 0.1) is 19.8 Å². The highest BCUT2D eigenvalue weighted by Gasteiger charge is 2.14. The molecule has 0 bridgehead atoms. The third-order valence-electron chi connectivity index (χ3n) is 4.84. The van der Waals surface area contributed by atoms with E-state index in [0.29, 0.717) is 18.1 Å². The highest BCUT2D eigenvalue weighted by atomic mass is 16.5. The van der Waals surface area contributed by atoms with E-state index in [1.54, 1.807) is 0 Å². The average Bonchev–Trinajstić information content (AvgIpc) is 2.70. The molecular formula is C23H30N2O3. The van der Waals surface area contributed by atoms with Crippen LogP contribution >= 0.6 is 0 Å². The Morgan fingerprint density at radius 1 is 1.11 bits per heavy atom. The summed E-state index contributed by atoms with van der Waals surface area (Å²) in [7, 11) is 0. The first-order chi connectivity index (χ1) is 13.6. The van der Waals surface area contributed by atoms with Crippen LogP contribution in [0.25, 0.3) is 0 Å². The minimum atomic E-state index is -0.108. The van der Waals surface area contributed by atoms with Crippen molar-refractivity contribution in [3.05, 3.63) is 59.7 Å². The van der Waals surface area contributed by atoms with Gasteiger partial charge in [0.15, 0.2) is 0 Å². The first-order valence-corrected chi connectivity index (χ1v) is 10.0. The number of hydrogen-bond acceptors (Lipinski definition) is 4. The molecule has 2 aromatic rings. The predicted octanol–water partition coefficient (Wildman–Crippen LogP) is 4.20. The van der Waals surface area contributed by atoms with Gasteiger partial charge in [0.2, 0.25) is 0 Å². The smallest absolute Gasteiger partial charge is 0.255 e. The van der Waals surface area contributed by atoms with Crippen LogP contribution in [-0.2, 0) is 11.3 Å². The fraction of sp³-hybridized carbons (Fsp3) is 0.435. The molecule has 1 aliphatic heterocycles. The Bertz CT molecular complexity index is 753. The molecule has 1 saturated heterocycles. The van der Waals surface area contributed by atoms with Crippen LogP contribution in [0.15, 0.2) is 48.5 Å². The monoisotopic (exact) mass is 382 g/mol. The van der Waals surface area contributed by atoms with Gasteiger partial charge in [-0.3, -0.25) is 9.69 Å². The highest BCUT2D eigenvalue weighted by molar-refractivity contribution is 6.04. The molecule has 0 atom stereocenters. The second-order valence-corrected chi connectivity index (χ2v) is 7.56. The average molecular weight is 383 g/mol. The lowest BCUT2D eigenvalue weighted by molar-refractivity contribution is 0.0342. The van der Waals surface area contributed by atoms with E-state index >= 15 is 0 Å². The topological polar surface area (TPSA) is 50.8 Å². The van der Waals surface area contributed by atoms with E-state index in [4.69, 9.17) is 9.47 Å². The summed E-state index contributed by atoms with van der Waals surface area (Å²) < 4.78 is 11.1. The van der Waals surface area contributed by atoms with Crippen LogP contribution in [0, 0.1) is 5.92 Å². The number of nitrogens with one attached hydrogen (secondary N) is 1. The Morgan fingerprint density at radius 2 is 1.82 bits per heavy atom. The number of carbonyl (C=O) groups is 1. The largest absolute Gasteiger partial charge is 0.494 e. The SMILES string of the molecule is CC(C)CCOc1ccc(C(=O)Nc2ccccc2CN2CCOCC2)cc1. The Labute approximate surface area is 167 Å². The summed E-state index contributed by atoms with van der Waals surface area (Å²) in [6.07, 6.45) is 1.02. The predicted molar refractivity (Wildman–Crippen MR) is 112 cm³/mol. The van der Waals surface area contributed by atoms with E-state index in [1.165, 1.54) is 0 Å². The molecule has 150 valence electrons. The fourth-order valence-electron chi connectivity index (χ4n) is 3.09. The van der Waals surface area contributed by atoms with Gasteiger partial charge in [0.1, 0.15) is 5.75 Å². The third-order valence-corrected chi connectivity index (χ3v) is 4.84. The van der Waals surface area contributed by atoms with Crippen molar-refractivity contribution in [2.45, 2.75) is 26.8 Å². The van der Waals surface area contributed by atoms with Crippen molar-refractivity contribution in [2.75, 3.05) is 38.2 Å². The van der Waals surface area contributed by atoms with Crippen molar-refractivity contribution in [2.24, 2.45) is 5.92 Å². The van der Waals surface area contributed by atoms with Crippen LogP contribution in [0.3, 0.4) is 0 Å². The van der Waals surface area contributed by atoms with Crippen LogP contribution in [0.5, 0.6) is 5.75 Å². The number of rotatable bonds is 8. The van der Waals surface area contributed by atoms with Gasteiger partial charge >= 0.3 is 0 Å². The van der Waals surface area contributed by atoms with Gasteiger partial charge in [-0.2, -0.15) is 0 Å². The molecule has 1 amide bonds. The summed E-state index contributed by atoms with van der Waals surface area (Å²) in [6, 6.07) is 15.3. The fourth-order valence-corrected chi connectivity index (χ4v) is 3.09. The van der Waals surface area contributed by atoms with Gasteiger partial charge in [0, 0.05) is 30.9 Å². The molecule has 1 aliphatic rings. The van der Waals surface area contributed by atoms with Gasteiger partial charge < -0.3 is 14.8 Å². The van der Waals surface area contributed by atoms with E-state index in [9.17, 15) is 4.79 Å². The molecule has 1 heterocycles. The minimum absolute atomic E-state index is 0.108. The van der Waals surface area contributed by atoms with Crippen molar-refractivity contribution in [3.8, 4) is 5.75 Å². The molecule has 0 spiro atoms. The van der Waals surface area contributed by atoms with E-state index in [1.807, 2.05) is 42.5 Å². The lowest BCUT2D eigenvalue weighted by atomic mass is 10.1. The normalized spacial score (nSPS) is 14.8. The molecule has 0 radical (unpaired) electrons. The summed E-state index contributed by atoms with van der Waals surface area (Å²) in [5.41, 5.74) is 2.60. The lowest BCUT2D eigenvalue weighted by Gasteiger charge is -2.27. The maximum Gasteiger partial charge on any atom is 0.255 e. The molecule has 2 aromatic carbocycles. The zero-order valence-corrected chi connectivity index (χ0v) is 16.8. The number of nitrogens with zero attached hydrogens (tertiary/aromatic N) is 1. The number of hydrogen-bond donors (Lipinski definition) is 1. The Hall–Kier alpha value is -2.37. The third kappa shape index (κ3) is 6.08. The second kappa shape index (κ2) is 10.2. The summed E-state index contributed by atoms with van der Waals surface area (Å²) in [5.74, 6) is 1.30. The number of amides is 1. The zero-order chi connectivity index (χ0) is 19.8. The van der Waals surface area contributed by atoms with Crippen LogP contribution in [0.4, 0.5) is 5.69 Å². The number of para-hydroxylation sites is 1. The van der Waals surface area contributed by atoms with Gasteiger partial charge in [-0.05, 0) is 48.2 Å². The van der Waals surface area contributed by atoms with Crippen molar-refractivity contribution >= 4 is 11.6 Å². The second-order valence-electron chi connectivity index (χ2n) is 7.56. The molecule has 5 heteroatoms. The van der Waals surface area contributed by atoms with Gasteiger partial charge in [-0.15, -0.1) is 0 Å². The van der Waals surface area contributed by atoms with Crippen molar-refractivity contribution in [3.63, 3.8) is 0 Å². The maximum absolute atomic E-state index is 12.7. The minimum Gasteiger partial charge on any atom is -0.494 e. The van der Waals surface area contributed by atoms with Crippen molar-refractivity contribution in [1.29, 1.82) is 0 Å². The van der Waals surface area contributed by atoms with Crippen molar-refractivity contribution in [1.82, 2.24) is 4.90 Å². The van der Waals surface area contributed by atoms with E-state index in [2.05, 4.69) is 30.1 Å². The van der Waals surface area contributed by atoms with Crippen LogP contribution in [-0.4, -0.2) is 43.7 Å². The lowest BCUT2D eigenvalue weighted by Crippen LogP contribution is -2.35. The summed E-state index contributed by atoms with van der Waals surface area (Å²) in [6.45, 7) is 9.21. The molecule has 1 fully saturated rings. The van der Waals surface area contributed by atoms with E-state index < -0.39 is 0 Å². The highest BCUT2D eigenvalue weighted by Crippen LogP contribution is 2.20. The quantitative estimate of drug-likeness (QED) is 0.744. The number of benzene rings is 2. The zero-order valence-electron chi connectivity index (χ0n) is 16.8. The molecule has 1 N–H and O–H groups in total. The number of anilines is 1. The summed E-state index contributed by atoms with van der Waals surface area (Å²) in [4.78, 5) is 15.0. The summed E-state index contributed by atoms with van der Waals surface area (Å²) in [5, 5.41) is 3.06. The van der Waals surface area contributed by atoms with Crippen molar-refractivity contribution < 1.29 is 14.3 Å². The van der Waals surface area contributed by atoms with Gasteiger partial charge in [0.25, 0.3) is 5.91 Å². The Kier molecular flexibility index (Phi) is 7.46. The van der Waals surface area contributed by atoms with E-state index in [-0.39, 0.29) is 5.91 Å². The van der Waals surface area contributed by atoms with Crippen LogP contribution in [0.1, 0.15) is 36.2 Å². The van der Waals surface area contributed by atoms with Crippen LogP contribution < -0.4 is 10.1 Å². The number of ether oxygens (including phenoxy) is 2.